The lowest BCUT2D eigenvalue weighted by Crippen LogP contribution is -1.93. The summed E-state index contributed by atoms with van der Waals surface area (Å²) in [5.41, 5.74) is 2.01. The third-order valence-corrected chi connectivity index (χ3v) is 2.86. The van der Waals surface area contributed by atoms with E-state index in [9.17, 15) is 0 Å². The van der Waals surface area contributed by atoms with Gasteiger partial charge in [0, 0.05) is 0 Å². The van der Waals surface area contributed by atoms with Crippen molar-refractivity contribution in [2.24, 2.45) is 5.16 Å². The molecule has 0 amide bonds. The Labute approximate surface area is 113 Å². The molecule has 0 heterocycles. The Morgan fingerprint density at radius 2 is 1.74 bits per heavy atom. The Morgan fingerprint density at radius 1 is 1.05 bits per heavy atom. The number of para-hydroxylation sites is 1. The van der Waals surface area contributed by atoms with Gasteiger partial charge in [-0.2, -0.15) is 0 Å². The minimum absolute atomic E-state index is 0.414. The molecule has 0 fully saturated rings. The Bertz CT molecular complexity index is 559. The second kappa shape index (κ2) is 6.05. The van der Waals surface area contributed by atoms with Crippen molar-refractivity contribution >= 4 is 6.21 Å². The Balaban J connectivity index is 2.21. The zero-order chi connectivity index (χ0) is 13.7. The fourth-order valence-corrected chi connectivity index (χ4v) is 1.87. The molecular weight excluding hydrogens is 238 g/mol. The van der Waals surface area contributed by atoms with Crippen molar-refractivity contribution in [2.75, 3.05) is 0 Å². The van der Waals surface area contributed by atoms with E-state index in [-0.39, 0.29) is 0 Å². The van der Waals surface area contributed by atoms with Crippen molar-refractivity contribution in [1.29, 1.82) is 0 Å². The van der Waals surface area contributed by atoms with Gasteiger partial charge in [-0.15, -0.1) is 0 Å². The summed E-state index contributed by atoms with van der Waals surface area (Å²) in [5.74, 6) is 2.06. The van der Waals surface area contributed by atoms with Crippen LogP contribution in [0.15, 0.2) is 53.7 Å². The Hall–Kier alpha value is -2.29. The van der Waals surface area contributed by atoms with Crippen molar-refractivity contribution < 1.29 is 9.94 Å². The van der Waals surface area contributed by atoms with Crippen molar-refractivity contribution in [3.63, 3.8) is 0 Å². The fourth-order valence-electron chi connectivity index (χ4n) is 1.87. The summed E-state index contributed by atoms with van der Waals surface area (Å²) in [4.78, 5) is 0. The van der Waals surface area contributed by atoms with E-state index in [1.54, 1.807) is 0 Å². The molecule has 19 heavy (non-hydrogen) atoms. The molecule has 0 atom stereocenters. The molecule has 0 aliphatic rings. The summed E-state index contributed by atoms with van der Waals surface area (Å²) in [6, 6.07) is 15.4. The molecule has 0 aliphatic carbocycles. The van der Waals surface area contributed by atoms with Crippen molar-refractivity contribution in [3.8, 4) is 11.5 Å². The number of rotatable bonds is 4. The predicted octanol–water partition coefficient (Wildman–Crippen LogP) is 4.41. The lowest BCUT2D eigenvalue weighted by molar-refractivity contribution is 0.322. The van der Waals surface area contributed by atoms with Crippen LogP contribution in [0, 0.1) is 0 Å². The summed E-state index contributed by atoms with van der Waals surface area (Å²) in [7, 11) is 0. The lowest BCUT2D eigenvalue weighted by atomic mass is 10.0. The van der Waals surface area contributed by atoms with E-state index in [4.69, 9.17) is 9.94 Å². The second-order valence-corrected chi connectivity index (χ2v) is 4.61. The number of hydrogen-bond donors (Lipinski definition) is 1. The predicted molar refractivity (Wildman–Crippen MR) is 76.4 cm³/mol. The highest BCUT2D eigenvalue weighted by atomic mass is 16.5. The SMILES string of the molecule is CC(C)c1ccccc1Oc1ccc(C=NO)cc1. The average molecular weight is 255 g/mol. The van der Waals surface area contributed by atoms with E-state index in [1.165, 1.54) is 11.8 Å². The first kappa shape index (κ1) is 13.1. The number of ether oxygens (including phenoxy) is 1. The highest BCUT2D eigenvalue weighted by Crippen LogP contribution is 2.30. The van der Waals surface area contributed by atoms with Crippen LogP contribution in [0.3, 0.4) is 0 Å². The highest BCUT2D eigenvalue weighted by Gasteiger charge is 2.07. The highest BCUT2D eigenvalue weighted by molar-refractivity contribution is 5.79. The Morgan fingerprint density at radius 3 is 2.37 bits per heavy atom. The number of benzene rings is 2. The van der Waals surface area contributed by atoms with Gasteiger partial charge in [-0.1, -0.05) is 37.2 Å². The molecule has 0 saturated heterocycles. The molecule has 0 aliphatic heterocycles. The molecule has 2 aromatic carbocycles. The second-order valence-electron chi connectivity index (χ2n) is 4.61. The molecule has 0 saturated carbocycles. The average Bonchev–Trinajstić information content (AvgIpc) is 2.42. The first-order valence-electron chi connectivity index (χ1n) is 6.25. The maximum Gasteiger partial charge on any atom is 0.130 e. The standard InChI is InChI=1S/C16H17NO2/c1-12(2)15-5-3-4-6-16(15)19-14-9-7-13(8-10-14)11-17-18/h3-12,18H,1-2H3. The summed E-state index contributed by atoms with van der Waals surface area (Å²) >= 11 is 0. The number of hydrogen-bond acceptors (Lipinski definition) is 3. The van der Waals surface area contributed by atoms with Crippen LogP contribution in [0.1, 0.15) is 30.9 Å². The summed E-state index contributed by atoms with van der Waals surface area (Å²) < 4.78 is 5.90. The molecule has 0 radical (unpaired) electrons. The molecular formula is C16H17NO2. The van der Waals surface area contributed by atoms with Gasteiger partial charge in [-0.3, -0.25) is 0 Å². The lowest BCUT2D eigenvalue weighted by Gasteiger charge is -2.13. The van der Waals surface area contributed by atoms with Crippen LogP contribution in [0.4, 0.5) is 0 Å². The first-order valence-corrected chi connectivity index (χ1v) is 6.25. The van der Waals surface area contributed by atoms with Gasteiger partial charge in [0.25, 0.3) is 0 Å². The van der Waals surface area contributed by atoms with E-state index in [0.29, 0.717) is 5.92 Å². The van der Waals surface area contributed by atoms with Crippen LogP contribution in [0.25, 0.3) is 0 Å². The van der Waals surface area contributed by atoms with Crippen molar-refractivity contribution in [3.05, 3.63) is 59.7 Å². The molecule has 0 unspecified atom stereocenters. The maximum atomic E-state index is 8.46. The molecule has 1 N–H and O–H groups in total. The minimum atomic E-state index is 0.414. The quantitative estimate of drug-likeness (QED) is 0.499. The molecule has 3 heteroatoms. The third-order valence-electron chi connectivity index (χ3n) is 2.86. The monoisotopic (exact) mass is 255 g/mol. The smallest absolute Gasteiger partial charge is 0.130 e. The third kappa shape index (κ3) is 3.35. The largest absolute Gasteiger partial charge is 0.457 e. The molecule has 2 aromatic rings. The van der Waals surface area contributed by atoms with Crippen molar-refractivity contribution in [2.45, 2.75) is 19.8 Å². The Kier molecular flexibility index (Phi) is 4.18. The van der Waals surface area contributed by atoms with Crippen LogP contribution in [-0.4, -0.2) is 11.4 Å². The van der Waals surface area contributed by atoms with Gasteiger partial charge in [-0.05, 0) is 47.4 Å². The van der Waals surface area contributed by atoms with E-state index in [1.807, 2.05) is 42.5 Å². The first-order chi connectivity index (χ1) is 9.20. The number of nitrogens with zero attached hydrogens (tertiary/aromatic N) is 1. The van der Waals surface area contributed by atoms with Gasteiger partial charge in [0.2, 0.25) is 0 Å². The van der Waals surface area contributed by atoms with Crippen LogP contribution >= 0.6 is 0 Å². The van der Waals surface area contributed by atoms with E-state index in [0.717, 1.165) is 17.1 Å². The van der Waals surface area contributed by atoms with Gasteiger partial charge in [0.05, 0.1) is 6.21 Å². The van der Waals surface area contributed by atoms with E-state index in [2.05, 4.69) is 25.1 Å². The van der Waals surface area contributed by atoms with Gasteiger partial charge < -0.3 is 9.94 Å². The zero-order valence-electron chi connectivity index (χ0n) is 11.1. The summed E-state index contributed by atoms with van der Waals surface area (Å²) in [6.45, 7) is 4.28. The fraction of sp³-hybridized carbons (Fsp3) is 0.188. The molecule has 0 spiro atoms. The van der Waals surface area contributed by atoms with Gasteiger partial charge in [0.15, 0.2) is 0 Å². The molecule has 98 valence electrons. The van der Waals surface area contributed by atoms with Gasteiger partial charge >= 0.3 is 0 Å². The minimum Gasteiger partial charge on any atom is -0.457 e. The zero-order valence-corrected chi connectivity index (χ0v) is 11.1. The van der Waals surface area contributed by atoms with Crippen LogP contribution in [0.2, 0.25) is 0 Å². The van der Waals surface area contributed by atoms with Crippen LogP contribution in [0.5, 0.6) is 11.5 Å². The maximum absolute atomic E-state index is 8.46. The molecule has 0 aromatic heterocycles. The van der Waals surface area contributed by atoms with Gasteiger partial charge in [0.1, 0.15) is 11.5 Å². The number of oxime groups is 1. The van der Waals surface area contributed by atoms with Crippen molar-refractivity contribution in [1.82, 2.24) is 0 Å². The van der Waals surface area contributed by atoms with Crippen LogP contribution in [-0.2, 0) is 0 Å². The molecule has 3 nitrogen and oxygen atoms in total. The topological polar surface area (TPSA) is 41.8 Å². The summed E-state index contributed by atoms with van der Waals surface area (Å²) in [6.07, 6.45) is 1.38. The molecule has 2 rings (SSSR count). The molecule has 0 bridgehead atoms. The van der Waals surface area contributed by atoms with Crippen LogP contribution < -0.4 is 4.74 Å². The van der Waals surface area contributed by atoms with E-state index < -0.39 is 0 Å². The summed E-state index contributed by atoms with van der Waals surface area (Å²) in [5, 5.41) is 11.5. The van der Waals surface area contributed by atoms with E-state index >= 15 is 0 Å². The van der Waals surface area contributed by atoms with Gasteiger partial charge in [-0.25, -0.2) is 0 Å². The normalized spacial score (nSPS) is 11.1.